The molecule has 0 unspecified atom stereocenters. The van der Waals surface area contributed by atoms with Crippen LogP contribution in [0, 0.1) is 0 Å². The van der Waals surface area contributed by atoms with E-state index in [2.05, 4.69) is 41.2 Å². The third-order valence-electron chi connectivity index (χ3n) is 3.02. The lowest BCUT2D eigenvalue weighted by atomic mass is 10.2. The highest BCUT2D eigenvalue weighted by Gasteiger charge is 2.11. The van der Waals surface area contributed by atoms with Crippen molar-refractivity contribution in [2.45, 2.75) is 46.6 Å². The summed E-state index contributed by atoms with van der Waals surface area (Å²) in [4.78, 5) is 9.29. The molecule has 2 aromatic rings. The quantitative estimate of drug-likeness (QED) is 0.842. The van der Waals surface area contributed by atoms with Gasteiger partial charge in [0.05, 0.1) is 0 Å². The van der Waals surface area contributed by atoms with Crippen LogP contribution in [0.2, 0.25) is 0 Å². The van der Waals surface area contributed by atoms with Gasteiger partial charge < -0.3 is 5.32 Å². The number of nitrogens with one attached hydrogen (secondary N) is 1. The SMILES string of the molecule is CCCc1cc(NCC)nc(-c2ccnn2CCC)n1. The molecule has 20 heavy (non-hydrogen) atoms. The van der Waals surface area contributed by atoms with E-state index >= 15 is 0 Å². The van der Waals surface area contributed by atoms with E-state index in [1.807, 2.05) is 23.0 Å². The molecule has 5 nitrogen and oxygen atoms in total. The van der Waals surface area contributed by atoms with Crippen molar-refractivity contribution in [1.29, 1.82) is 0 Å². The fraction of sp³-hybridized carbons (Fsp3) is 0.533. The molecule has 0 atom stereocenters. The molecule has 0 aliphatic carbocycles. The number of aryl methyl sites for hydroxylation is 2. The molecule has 5 heteroatoms. The number of rotatable bonds is 7. The summed E-state index contributed by atoms with van der Waals surface area (Å²) in [6, 6.07) is 4.02. The smallest absolute Gasteiger partial charge is 0.180 e. The predicted molar refractivity (Wildman–Crippen MR) is 81.7 cm³/mol. The Morgan fingerprint density at radius 3 is 2.70 bits per heavy atom. The summed E-state index contributed by atoms with van der Waals surface area (Å²) in [5.74, 6) is 1.66. The number of nitrogens with zero attached hydrogens (tertiary/aromatic N) is 4. The second kappa shape index (κ2) is 7.03. The Labute approximate surface area is 120 Å². The molecule has 0 spiro atoms. The van der Waals surface area contributed by atoms with Gasteiger partial charge in [-0.3, -0.25) is 4.68 Å². The van der Waals surface area contributed by atoms with E-state index < -0.39 is 0 Å². The zero-order valence-electron chi connectivity index (χ0n) is 12.6. The van der Waals surface area contributed by atoms with Gasteiger partial charge in [0.25, 0.3) is 0 Å². The maximum absolute atomic E-state index is 4.68. The van der Waals surface area contributed by atoms with Crippen LogP contribution >= 0.6 is 0 Å². The van der Waals surface area contributed by atoms with Crippen LogP contribution in [-0.2, 0) is 13.0 Å². The maximum atomic E-state index is 4.68. The molecule has 0 bridgehead atoms. The molecular formula is C15H23N5. The predicted octanol–water partition coefficient (Wildman–Crippen LogP) is 3.13. The topological polar surface area (TPSA) is 55.6 Å². The van der Waals surface area contributed by atoms with Gasteiger partial charge in [-0.1, -0.05) is 20.3 Å². The molecule has 2 aromatic heterocycles. The highest BCUT2D eigenvalue weighted by Crippen LogP contribution is 2.19. The Morgan fingerprint density at radius 2 is 2.00 bits per heavy atom. The second-order valence-corrected chi connectivity index (χ2v) is 4.79. The van der Waals surface area contributed by atoms with Crippen LogP contribution in [0.25, 0.3) is 11.5 Å². The van der Waals surface area contributed by atoms with E-state index in [4.69, 9.17) is 0 Å². The Kier molecular flexibility index (Phi) is 5.09. The van der Waals surface area contributed by atoms with E-state index in [0.717, 1.165) is 55.4 Å². The molecule has 0 saturated carbocycles. The van der Waals surface area contributed by atoms with Gasteiger partial charge in [0.2, 0.25) is 0 Å². The van der Waals surface area contributed by atoms with Crippen LogP contribution in [0.15, 0.2) is 18.3 Å². The minimum atomic E-state index is 0.762. The minimum Gasteiger partial charge on any atom is -0.370 e. The van der Waals surface area contributed by atoms with E-state index in [1.54, 1.807) is 0 Å². The zero-order chi connectivity index (χ0) is 14.4. The molecule has 0 aromatic carbocycles. The number of hydrogen-bond acceptors (Lipinski definition) is 4. The summed E-state index contributed by atoms with van der Waals surface area (Å²) in [5.41, 5.74) is 2.07. The van der Waals surface area contributed by atoms with Crippen molar-refractivity contribution in [2.75, 3.05) is 11.9 Å². The largest absolute Gasteiger partial charge is 0.370 e. The van der Waals surface area contributed by atoms with Gasteiger partial charge >= 0.3 is 0 Å². The lowest BCUT2D eigenvalue weighted by Gasteiger charge is -2.10. The molecular weight excluding hydrogens is 250 g/mol. The van der Waals surface area contributed by atoms with Crippen molar-refractivity contribution < 1.29 is 0 Å². The zero-order valence-corrected chi connectivity index (χ0v) is 12.6. The summed E-state index contributed by atoms with van der Waals surface area (Å²) in [6.07, 6.45) is 4.91. The number of aromatic nitrogens is 4. The van der Waals surface area contributed by atoms with Gasteiger partial charge in [0, 0.05) is 31.0 Å². The Balaban J connectivity index is 2.40. The summed E-state index contributed by atoms with van der Waals surface area (Å²) >= 11 is 0. The van der Waals surface area contributed by atoms with Gasteiger partial charge in [-0.25, -0.2) is 9.97 Å². The van der Waals surface area contributed by atoms with Crippen molar-refractivity contribution in [3.05, 3.63) is 24.0 Å². The van der Waals surface area contributed by atoms with Crippen LogP contribution in [-0.4, -0.2) is 26.3 Å². The molecule has 108 valence electrons. The van der Waals surface area contributed by atoms with Crippen molar-refractivity contribution in [3.63, 3.8) is 0 Å². The third kappa shape index (κ3) is 3.35. The summed E-state index contributed by atoms with van der Waals surface area (Å²) in [6.45, 7) is 8.12. The molecule has 0 saturated heterocycles. The van der Waals surface area contributed by atoms with Gasteiger partial charge in [-0.2, -0.15) is 5.10 Å². The summed E-state index contributed by atoms with van der Waals surface area (Å²) in [5, 5.41) is 7.63. The first-order chi connectivity index (χ1) is 9.78. The van der Waals surface area contributed by atoms with Crippen LogP contribution in [0.1, 0.15) is 39.3 Å². The van der Waals surface area contributed by atoms with E-state index in [9.17, 15) is 0 Å². The molecule has 0 amide bonds. The first-order valence-electron chi connectivity index (χ1n) is 7.42. The van der Waals surface area contributed by atoms with Crippen molar-refractivity contribution in [2.24, 2.45) is 0 Å². The Hall–Kier alpha value is -1.91. The fourth-order valence-corrected chi connectivity index (χ4v) is 2.18. The van der Waals surface area contributed by atoms with Gasteiger partial charge in [-0.15, -0.1) is 0 Å². The van der Waals surface area contributed by atoms with E-state index in [0.29, 0.717) is 0 Å². The molecule has 1 N–H and O–H groups in total. The number of anilines is 1. The average molecular weight is 273 g/mol. The molecule has 2 heterocycles. The number of hydrogen-bond donors (Lipinski definition) is 1. The van der Waals surface area contributed by atoms with Crippen LogP contribution in [0.5, 0.6) is 0 Å². The third-order valence-corrected chi connectivity index (χ3v) is 3.02. The standard InChI is InChI=1S/C15H23N5/c1-4-7-12-11-14(16-6-3)19-15(18-12)13-8-9-17-20(13)10-5-2/h8-9,11H,4-7,10H2,1-3H3,(H,16,18,19). The van der Waals surface area contributed by atoms with E-state index in [1.165, 1.54) is 0 Å². The lowest BCUT2D eigenvalue weighted by molar-refractivity contribution is 0.606. The van der Waals surface area contributed by atoms with Crippen LogP contribution < -0.4 is 5.32 Å². The molecule has 0 aliphatic rings. The summed E-state index contributed by atoms with van der Waals surface area (Å²) < 4.78 is 1.97. The maximum Gasteiger partial charge on any atom is 0.180 e. The molecule has 0 aliphatic heterocycles. The monoisotopic (exact) mass is 273 g/mol. The van der Waals surface area contributed by atoms with E-state index in [-0.39, 0.29) is 0 Å². The molecule has 0 radical (unpaired) electrons. The van der Waals surface area contributed by atoms with Gasteiger partial charge in [-0.05, 0) is 25.8 Å². The second-order valence-electron chi connectivity index (χ2n) is 4.79. The molecule has 2 rings (SSSR count). The van der Waals surface area contributed by atoms with Gasteiger partial charge in [0.15, 0.2) is 5.82 Å². The Bertz CT molecular complexity index is 523. The van der Waals surface area contributed by atoms with Crippen LogP contribution in [0.3, 0.4) is 0 Å². The van der Waals surface area contributed by atoms with Crippen molar-refractivity contribution in [3.8, 4) is 11.5 Å². The lowest BCUT2D eigenvalue weighted by Crippen LogP contribution is -2.07. The fourth-order valence-electron chi connectivity index (χ4n) is 2.18. The highest BCUT2D eigenvalue weighted by molar-refractivity contribution is 5.53. The van der Waals surface area contributed by atoms with Crippen molar-refractivity contribution >= 4 is 5.82 Å². The normalized spacial score (nSPS) is 10.8. The van der Waals surface area contributed by atoms with Crippen LogP contribution in [0.4, 0.5) is 5.82 Å². The van der Waals surface area contributed by atoms with Gasteiger partial charge in [0.1, 0.15) is 11.5 Å². The van der Waals surface area contributed by atoms with Crippen molar-refractivity contribution in [1.82, 2.24) is 19.7 Å². The average Bonchev–Trinajstić information content (AvgIpc) is 2.88. The minimum absolute atomic E-state index is 0.762. The first-order valence-corrected chi connectivity index (χ1v) is 7.42. The summed E-state index contributed by atoms with van der Waals surface area (Å²) in [7, 11) is 0. The first kappa shape index (κ1) is 14.5. The Morgan fingerprint density at radius 1 is 1.15 bits per heavy atom. The molecule has 0 fully saturated rings. The highest BCUT2D eigenvalue weighted by atomic mass is 15.3.